The fraction of sp³-hybridized carbons (Fsp3) is 0.500. The van der Waals surface area contributed by atoms with E-state index in [2.05, 4.69) is 38.7 Å². The number of nitrogens with zero attached hydrogens (tertiary/aromatic N) is 1. The summed E-state index contributed by atoms with van der Waals surface area (Å²) in [4.78, 5) is 82.5. The highest BCUT2D eigenvalue weighted by Crippen LogP contribution is 2.44. The van der Waals surface area contributed by atoms with Gasteiger partial charge in [0.25, 0.3) is 0 Å². The van der Waals surface area contributed by atoms with Crippen LogP contribution in [0, 0.1) is 17.3 Å². The second-order valence-corrected chi connectivity index (χ2v) is 19.7. The molecule has 1 aliphatic rings. The van der Waals surface area contributed by atoms with Gasteiger partial charge in [-0.3, -0.25) is 19.2 Å². The molecular weight excluding hydrogens is 837 g/mol. The van der Waals surface area contributed by atoms with E-state index in [1.165, 1.54) is 0 Å². The van der Waals surface area contributed by atoms with Gasteiger partial charge in [-0.1, -0.05) is 130 Å². The summed E-state index contributed by atoms with van der Waals surface area (Å²) in [6, 6.07) is 18.8. The minimum Gasteiger partial charge on any atom is -0.478 e. The Morgan fingerprint density at radius 1 is 0.742 bits per heavy atom. The fourth-order valence-electron chi connectivity index (χ4n) is 9.04. The molecule has 0 heterocycles. The summed E-state index contributed by atoms with van der Waals surface area (Å²) in [6.07, 6.45) is -0.301. The Bertz CT molecular complexity index is 2250. The molecule has 0 radical (unpaired) electrons. The van der Waals surface area contributed by atoms with Gasteiger partial charge >= 0.3 is 12.1 Å². The largest absolute Gasteiger partial charge is 0.478 e. The SMILES string of the molecule is CCC(=C(C)C(=O)O)[C@H](C(C)C)N(C)C(=O)[C@@H](NC(=O)[C@H](NC)C(C)(C)c1cccc(NC(=O)[C@H](C)NC(=O)[C@@H](NC(=O)OCC2c3ccccc3-c3ccccc32)C(C)C)c1)C(C)(C)C. The monoisotopic (exact) mass is 909 g/mol. The first-order chi connectivity index (χ1) is 30.9. The first-order valence-corrected chi connectivity index (χ1v) is 22.9. The van der Waals surface area contributed by atoms with Gasteiger partial charge in [-0.15, -0.1) is 0 Å². The smallest absolute Gasteiger partial charge is 0.407 e. The van der Waals surface area contributed by atoms with Crippen LogP contribution in [0.5, 0.6) is 0 Å². The lowest BCUT2D eigenvalue weighted by molar-refractivity contribution is -0.141. The minimum atomic E-state index is -1.04. The summed E-state index contributed by atoms with van der Waals surface area (Å²) in [5, 5.41) is 24.3. The van der Waals surface area contributed by atoms with E-state index in [-0.39, 0.29) is 35.8 Å². The first-order valence-electron chi connectivity index (χ1n) is 22.9. The van der Waals surface area contributed by atoms with Gasteiger partial charge in [-0.05, 0) is 90.1 Å². The minimum absolute atomic E-state index is 0.0867. The Balaban J connectivity index is 1.43. The highest BCUT2D eigenvalue weighted by Gasteiger charge is 2.43. The summed E-state index contributed by atoms with van der Waals surface area (Å²) < 4.78 is 5.70. The molecule has 0 saturated carbocycles. The quantitative estimate of drug-likeness (QED) is 0.0666. The van der Waals surface area contributed by atoms with Crippen molar-refractivity contribution in [3.8, 4) is 11.1 Å². The number of aliphatic carboxylic acids is 1. The number of benzene rings is 3. The number of hydrogen-bond acceptors (Lipinski definition) is 8. The van der Waals surface area contributed by atoms with E-state index in [1.807, 2.05) is 97.9 Å². The number of ether oxygens (including phenoxy) is 1. The molecule has 1 aliphatic carbocycles. The fourth-order valence-corrected chi connectivity index (χ4v) is 9.04. The molecule has 3 aromatic carbocycles. The Hall–Kier alpha value is -6.02. The molecule has 0 aromatic heterocycles. The van der Waals surface area contributed by atoms with Crippen LogP contribution in [0.1, 0.15) is 112 Å². The Labute approximate surface area is 391 Å². The van der Waals surface area contributed by atoms with Crippen molar-refractivity contribution in [1.82, 2.24) is 26.2 Å². The van der Waals surface area contributed by atoms with Gasteiger partial charge in [0.15, 0.2) is 0 Å². The van der Waals surface area contributed by atoms with Gasteiger partial charge in [-0.2, -0.15) is 0 Å². The highest BCUT2D eigenvalue weighted by atomic mass is 16.5. The number of fused-ring (bicyclic) bond motifs is 3. The van der Waals surface area contributed by atoms with Crippen LogP contribution < -0.4 is 26.6 Å². The molecular formula is C52H72N6O8. The average molecular weight is 909 g/mol. The number of carboxylic acids is 1. The second-order valence-electron chi connectivity index (χ2n) is 19.7. The first kappa shape index (κ1) is 52.6. The number of amides is 5. The van der Waals surface area contributed by atoms with E-state index >= 15 is 0 Å². The maximum Gasteiger partial charge on any atom is 0.407 e. The summed E-state index contributed by atoms with van der Waals surface area (Å²) in [7, 11) is 3.32. The van der Waals surface area contributed by atoms with E-state index in [1.54, 1.807) is 64.9 Å². The van der Waals surface area contributed by atoms with E-state index in [9.17, 15) is 33.9 Å². The van der Waals surface area contributed by atoms with Crippen LogP contribution in [0.4, 0.5) is 10.5 Å². The topological polar surface area (TPSA) is 195 Å². The normalized spacial score (nSPS) is 15.3. The van der Waals surface area contributed by atoms with Crippen LogP contribution in [0.2, 0.25) is 0 Å². The zero-order valence-electron chi connectivity index (χ0n) is 41.2. The van der Waals surface area contributed by atoms with Gasteiger partial charge in [0.2, 0.25) is 23.6 Å². The van der Waals surface area contributed by atoms with Crippen molar-refractivity contribution in [3.05, 3.63) is 101 Å². The number of alkyl carbamates (subject to hydrolysis) is 1. The van der Waals surface area contributed by atoms with E-state index in [0.29, 0.717) is 23.2 Å². The van der Waals surface area contributed by atoms with Crippen molar-refractivity contribution in [2.24, 2.45) is 17.3 Å². The number of nitrogens with one attached hydrogen (secondary N) is 5. The van der Waals surface area contributed by atoms with Gasteiger partial charge in [0.05, 0.1) is 12.1 Å². The summed E-state index contributed by atoms with van der Waals surface area (Å²) in [5.74, 6) is -3.43. The van der Waals surface area contributed by atoms with Crippen molar-refractivity contribution in [2.45, 2.75) is 131 Å². The van der Waals surface area contributed by atoms with Crippen molar-refractivity contribution >= 4 is 41.4 Å². The lowest BCUT2D eigenvalue weighted by atomic mass is 9.76. The molecule has 66 heavy (non-hydrogen) atoms. The Morgan fingerprint density at radius 3 is 1.82 bits per heavy atom. The number of carbonyl (C=O) groups excluding carboxylic acids is 5. The molecule has 14 nitrogen and oxygen atoms in total. The standard InChI is InChI=1S/C52H72N6O8/c1-15-35(31(6)49(63)64)42(30(4)5)58(14)48(62)44(51(8,9)10)57-47(61)43(53-13)52(11,12)33-21-20-22-34(27-33)55-45(59)32(7)54-46(60)41(29(2)3)56-50(65)66-28-40-38-25-18-16-23-36(38)37-24-17-19-26-39(37)40/h16-27,29-30,32,40-44,53H,15,28H2,1-14H3,(H,54,60)(H,55,59)(H,56,65)(H,57,61)(H,63,64)/t32-,41-,42-,43-,44+/m0/s1. The Morgan fingerprint density at radius 2 is 1.32 bits per heavy atom. The molecule has 0 saturated heterocycles. The summed E-state index contributed by atoms with van der Waals surface area (Å²) >= 11 is 0. The summed E-state index contributed by atoms with van der Waals surface area (Å²) in [6.45, 7) is 21.9. The molecule has 4 rings (SSSR count). The number of carboxylic acid groups (broad SMARTS) is 1. The zero-order valence-corrected chi connectivity index (χ0v) is 41.2. The lowest BCUT2D eigenvalue weighted by Crippen LogP contribution is -2.62. The maximum absolute atomic E-state index is 14.4. The molecule has 5 atom stereocenters. The summed E-state index contributed by atoms with van der Waals surface area (Å²) in [5.41, 5.74) is 4.71. The van der Waals surface area contributed by atoms with Crippen molar-refractivity contribution in [3.63, 3.8) is 0 Å². The second kappa shape index (κ2) is 22.0. The lowest BCUT2D eigenvalue weighted by Gasteiger charge is -2.41. The third kappa shape index (κ3) is 12.1. The van der Waals surface area contributed by atoms with E-state index in [0.717, 1.165) is 22.3 Å². The van der Waals surface area contributed by atoms with Crippen molar-refractivity contribution in [2.75, 3.05) is 26.0 Å². The molecule has 3 aromatic rings. The van der Waals surface area contributed by atoms with Gasteiger partial charge in [-0.25, -0.2) is 9.59 Å². The van der Waals surface area contributed by atoms with Gasteiger partial charge in [0, 0.05) is 29.6 Å². The molecule has 0 aliphatic heterocycles. The van der Waals surface area contributed by atoms with Crippen molar-refractivity contribution in [1.29, 1.82) is 0 Å². The molecule has 0 fully saturated rings. The van der Waals surface area contributed by atoms with Crippen LogP contribution in [-0.2, 0) is 34.1 Å². The van der Waals surface area contributed by atoms with E-state index < -0.39 is 70.8 Å². The number of carbonyl (C=O) groups is 6. The van der Waals surface area contributed by atoms with Gasteiger partial charge in [0.1, 0.15) is 24.7 Å². The Kier molecular flexibility index (Phi) is 17.5. The van der Waals surface area contributed by atoms with E-state index in [4.69, 9.17) is 4.74 Å². The predicted molar refractivity (Wildman–Crippen MR) is 259 cm³/mol. The number of rotatable bonds is 19. The maximum atomic E-state index is 14.4. The third-order valence-electron chi connectivity index (χ3n) is 12.8. The predicted octanol–water partition coefficient (Wildman–Crippen LogP) is 7.38. The molecule has 14 heteroatoms. The number of hydrogen-bond donors (Lipinski definition) is 6. The number of anilines is 1. The molecule has 6 N–H and O–H groups in total. The molecule has 358 valence electrons. The van der Waals surface area contributed by atoms with Crippen LogP contribution in [0.25, 0.3) is 11.1 Å². The average Bonchev–Trinajstić information content (AvgIpc) is 3.57. The van der Waals surface area contributed by atoms with Gasteiger partial charge < -0.3 is 41.3 Å². The van der Waals surface area contributed by atoms with Crippen LogP contribution >= 0.6 is 0 Å². The zero-order chi connectivity index (χ0) is 49.4. The van der Waals surface area contributed by atoms with Crippen molar-refractivity contribution < 1.29 is 38.6 Å². The van der Waals surface area contributed by atoms with Crippen LogP contribution in [0.15, 0.2) is 83.9 Å². The van der Waals surface area contributed by atoms with Crippen LogP contribution in [-0.4, -0.2) is 96.6 Å². The van der Waals surface area contributed by atoms with Crippen LogP contribution in [0.3, 0.4) is 0 Å². The molecule has 0 unspecified atom stereocenters. The molecule has 0 bridgehead atoms. The number of likely N-dealkylation sites (N-methyl/N-ethyl adjacent to an activating group) is 2. The molecule has 0 spiro atoms. The third-order valence-corrected chi connectivity index (χ3v) is 12.8. The highest BCUT2D eigenvalue weighted by molar-refractivity contribution is 5.98. The molecule has 5 amide bonds.